The van der Waals surface area contributed by atoms with Gasteiger partial charge in [-0.3, -0.25) is 9.36 Å². The van der Waals surface area contributed by atoms with Gasteiger partial charge in [-0.25, -0.2) is 9.18 Å². The first kappa shape index (κ1) is 26.8. The number of nitrogens with zero attached hydrogens (tertiary/aromatic N) is 4. The molecule has 3 aromatic carbocycles. The molecule has 0 saturated carbocycles. The molecular weight excluding hydrogens is 519 g/mol. The molecule has 39 heavy (non-hydrogen) atoms. The van der Waals surface area contributed by atoms with Crippen LogP contribution in [-0.4, -0.2) is 26.8 Å². The number of fused-ring (bicyclic) bond motifs is 1. The van der Waals surface area contributed by atoms with Crippen LogP contribution in [0.15, 0.2) is 71.5 Å². The van der Waals surface area contributed by atoms with E-state index in [1.54, 1.807) is 29.2 Å². The number of halogens is 2. The summed E-state index contributed by atoms with van der Waals surface area (Å²) in [6.45, 7) is 7.13. The van der Waals surface area contributed by atoms with Crippen molar-refractivity contribution in [3.63, 3.8) is 0 Å². The molecule has 7 nitrogen and oxygen atoms in total. The lowest BCUT2D eigenvalue weighted by Crippen LogP contribution is -2.42. The number of para-hydroxylation sites is 1. The first-order chi connectivity index (χ1) is 18.8. The summed E-state index contributed by atoms with van der Waals surface area (Å²) in [6, 6.07) is 19.6. The van der Waals surface area contributed by atoms with E-state index < -0.39 is 11.5 Å². The Morgan fingerprint density at radius 1 is 1.03 bits per heavy atom. The van der Waals surface area contributed by atoms with E-state index in [0.29, 0.717) is 41.8 Å². The number of ether oxygens (including phenoxy) is 1. The number of amides is 1. The molecule has 202 valence electrons. The van der Waals surface area contributed by atoms with E-state index in [2.05, 4.69) is 18.9 Å². The van der Waals surface area contributed by atoms with Gasteiger partial charge in [-0.15, -0.1) is 5.10 Å². The van der Waals surface area contributed by atoms with E-state index in [9.17, 15) is 9.59 Å². The lowest BCUT2D eigenvalue weighted by molar-refractivity contribution is 0.0973. The summed E-state index contributed by atoms with van der Waals surface area (Å²) in [5, 5.41) is 4.90. The number of rotatable bonds is 8. The smallest absolute Gasteiger partial charge is 0.350 e. The van der Waals surface area contributed by atoms with Crippen molar-refractivity contribution in [3.8, 4) is 5.69 Å². The number of anilines is 1. The maximum absolute atomic E-state index is 15.6. The minimum absolute atomic E-state index is 0.0138. The molecule has 0 aliphatic carbocycles. The molecule has 1 aliphatic heterocycles. The monoisotopic (exact) mass is 548 g/mol. The molecule has 0 bridgehead atoms. The summed E-state index contributed by atoms with van der Waals surface area (Å²) < 4.78 is 24.0. The van der Waals surface area contributed by atoms with Crippen LogP contribution in [0.25, 0.3) is 5.69 Å². The maximum Gasteiger partial charge on any atom is 0.350 e. The van der Waals surface area contributed by atoms with Crippen molar-refractivity contribution in [2.75, 3.05) is 11.4 Å². The van der Waals surface area contributed by atoms with Crippen LogP contribution in [0.3, 0.4) is 0 Å². The summed E-state index contributed by atoms with van der Waals surface area (Å²) in [5.74, 6) is -0.609. The summed E-state index contributed by atoms with van der Waals surface area (Å²) in [5.41, 5.74) is 2.09. The Morgan fingerprint density at radius 3 is 2.44 bits per heavy atom. The highest BCUT2D eigenvalue weighted by molar-refractivity contribution is 6.34. The molecule has 0 saturated heterocycles. The van der Waals surface area contributed by atoms with Gasteiger partial charge in [0, 0.05) is 24.6 Å². The van der Waals surface area contributed by atoms with Crippen LogP contribution in [0.1, 0.15) is 54.0 Å². The highest BCUT2D eigenvalue weighted by Crippen LogP contribution is 2.39. The zero-order chi connectivity index (χ0) is 27.7. The van der Waals surface area contributed by atoms with Crippen molar-refractivity contribution < 1.29 is 13.9 Å². The van der Waals surface area contributed by atoms with Gasteiger partial charge in [-0.1, -0.05) is 67.9 Å². The average Bonchev–Trinajstić information content (AvgIpc) is 3.24. The highest BCUT2D eigenvalue weighted by Gasteiger charge is 2.36. The summed E-state index contributed by atoms with van der Waals surface area (Å²) in [6.07, 6.45) is 0. The number of hydrogen-bond donors (Lipinski definition) is 0. The van der Waals surface area contributed by atoms with Gasteiger partial charge in [-0.05, 0) is 48.2 Å². The minimum Gasteiger partial charge on any atom is -0.369 e. The van der Waals surface area contributed by atoms with Gasteiger partial charge < -0.3 is 9.64 Å². The van der Waals surface area contributed by atoms with Crippen molar-refractivity contribution in [1.29, 1.82) is 0 Å². The lowest BCUT2D eigenvalue weighted by Gasteiger charge is -2.37. The van der Waals surface area contributed by atoms with Gasteiger partial charge in [0.1, 0.15) is 18.1 Å². The quantitative estimate of drug-likeness (QED) is 0.272. The largest absolute Gasteiger partial charge is 0.369 e. The van der Waals surface area contributed by atoms with Crippen molar-refractivity contribution >= 4 is 23.2 Å². The molecule has 9 heteroatoms. The van der Waals surface area contributed by atoms with Crippen LogP contribution in [0.4, 0.5) is 10.1 Å². The molecule has 4 aromatic rings. The van der Waals surface area contributed by atoms with E-state index in [4.69, 9.17) is 16.3 Å². The molecule has 1 amide bonds. The van der Waals surface area contributed by atoms with Crippen LogP contribution < -0.4 is 10.6 Å². The third-order valence-corrected chi connectivity index (χ3v) is 7.47. The predicted molar refractivity (Wildman–Crippen MR) is 149 cm³/mol. The van der Waals surface area contributed by atoms with E-state index in [1.807, 2.05) is 43.3 Å². The van der Waals surface area contributed by atoms with Crippen LogP contribution in [0.5, 0.6) is 0 Å². The second-order valence-electron chi connectivity index (χ2n) is 9.94. The number of hydrogen-bond acceptors (Lipinski definition) is 4. The molecule has 1 unspecified atom stereocenters. The average molecular weight is 549 g/mol. The van der Waals surface area contributed by atoms with E-state index >= 15 is 4.39 Å². The number of aromatic nitrogens is 3. The standard InChI is InChI=1S/C30H30ClFN4O3/c1-4-34-28(18-39-17-20-10-6-5-7-11-20)33-36(30(34)38)27-15-21-22(14-25(27)32)29(37)35(16-23(21)19(2)3)26-13-9-8-12-24(26)31/h5-15,19,23H,4,16-18H2,1-3H3. The molecular formula is C30H30ClFN4O3. The first-order valence-corrected chi connectivity index (χ1v) is 13.4. The van der Waals surface area contributed by atoms with Crippen molar-refractivity contribution in [2.45, 2.75) is 46.4 Å². The lowest BCUT2D eigenvalue weighted by atomic mass is 9.81. The second-order valence-corrected chi connectivity index (χ2v) is 10.3. The Morgan fingerprint density at radius 2 is 1.74 bits per heavy atom. The number of carbonyl (C=O) groups excluding carboxylic acids is 1. The third kappa shape index (κ3) is 5.14. The fraction of sp³-hybridized carbons (Fsp3) is 0.300. The van der Waals surface area contributed by atoms with Crippen LogP contribution in [0, 0.1) is 11.7 Å². The zero-order valence-electron chi connectivity index (χ0n) is 22.1. The van der Waals surface area contributed by atoms with Crippen LogP contribution in [-0.2, 0) is 24.5 Å². The van der Waals surface area contributed by atoms with Gasteiger partial charge in [0.25, 0.3) is 5.91 Å². The minimum atomic E-state index is -0.703. The van der Waals surface area contributed by atoms with Crippen LogP contribution in [0.2, 0.25) is 5.02 Å². The van der Waals surface area contributed by atoms with Crippen molar-refractivity contribution in [2.24, 2.45) is 5.92 Å². The Labute approximate surface area is 231 Å². The van der Waals surface area contributed by atoms with Gasteiger partial charge in [0.15, 0.2) is 5.82 Å². The Kier molecular flexibility index (Phi) is 7.68. The molecule has 1 aromatic heterocycles. The topological polar surface area (TPSA) is 69.4 Å². The highest BCUT2D eigenvalue weighted by atomic mass is 35.5. The number of benzene rings is 3. The molecule has 1 atom stereocenters. The van der Waals surface area contributed by atoms with E-state index in [-0.39, 0.29) is 35.6 Å². The molecule has 1 aliphatic rings. The van der Waals surface area contributed by atoms with Crippen molar-refractivity contribution in [3.05, 3.63) is 111 Å². The Bertz CT molecular complexity index is 1560. The van der Waals surface area contributed by atoms with Gasteiger partial charge in [-0.2, -0.15) is 4.68 Å². The Balaban J connectivity index is 1.51. The summed E-state index contributed by atoms with van der Waals surface area (Å²) in [7, 11) is 0. The molecule has 2 heterocycles. The number of carbonyl (C=O) groups is 1. The molecule has 0 radical (unpaired) electrons. The predicted octanol–water partition coefficient (Wildman–Crippen LogP) is 5.96. The zero-order valence-corrected chi connectivity index (χ0v) is 22.9. The molecule has 5 rings (SSSR count). The van der Waals surface area contributed by atoms with E-state index in [1.165, 1.54) is 10.6 Å². The van der Waals surface area contributed by atoms with E-state index in [0.717, 1.165) is 10.2 Å². The maximum atomic E-state index is 15.6. The molecule has 0 spiro atoms. The summed E-state index contributed by atoms with van der Waals surface area (Å²) in [4.78, 5) is 28.4. The normalized spacial score (nSPS) is 15.2. The molecule has 0 fully saturated rings. The Hall–Kier alpha value is -3.75. The van der Waals surface area contributed by atoms with Gasteiger partial charge >= 0.3 is 5.69 Å². The third-order valence-electron chi connectivity index (χ3n) is 7.15. The fourth-order valence-corrected chi connectivity index (χ4v) is 5.29. The van der Waals surface area contributed by atoms with Crippen LogP contribution >= 0.6 is 11.6 Å². The van der Waals surface area contributed by atoms with Crippen molar-refractivity contribution in [1.82, 2.24) is 14.3 Å². The molecule has 0 N–H and O–H groups in total. The second kappa shape index (κ2) is 11.2. The van der Waals surface area contributed by atoms with Gasteiger partial charge in [0.05, 0.1) is 17.3 Å². The SMILES string of the molecule is CCn1c(COCc2ccccc2)nn(-c2cc3c(cc2F)C(=O)N(c2ccccc2Cl)CC3C(C)C)c1=O. The fourth-order valence-electron chi connectivity index (χ4n) is 5.06. The first-order valence-electron chi connectivity index (χ1n) is 13.0. The summed E-state index contributed by atoms with van der Waals surface area (Å²) >= 11 is 6.41. The van der Waals surface area contributed by atoms with Gasteiger partial charge in [0.2, 0.25) is 0 Å².